The zero-order valence-corrected chi connectivity index (χ0v) is 11.1. The normalized spacial score (nSPS) is 10.1. The maximum Gasteiger partial charge on any atom is 0.339 e. The van der Waals surface area contributed by atoms with Gasteiger partial charge in [-0.05, 0) is 31.2 Å². The largest absolute Gasteiger partial charge is 0.478 e. The molecule has 1 aromatic carbocycles. The number of benzene rings is 1. The Morgan fingerprint density at radius 1 is 1.33 bits per heavy atom. The van der Waals surface area contributed by atoms with Gasteiger partial charge in [-0.1, -0.05) is 15.9 Å². The summed E-state index contributed by atoms with van der Waals surface area (Å²) >= 11 is 3.29. The zero-order valence-electron chi connectivity index (χ0n) is 9.55. The molecule has 18 heavy (non-hydrogen) atoms. The quantitative estimate of drug-likeness (QED) is 0.940. The van der Waals surface area contributed by atoms with Gasteiger partial charge in [-0.25, -0.2) is 4.79 Å². The molecule has 1 N–H and O–H groups in total. The number of pyridine rings is 1. The van der Waals surface area contributed by atoms with Crippen molar-refractivity contribution < 1.29 is 14.6 Å². The number of rotatable bonds is 3. The molecule has 0 aliphatic heterocycles. The molecule has 0 saturated carbocycles. The van der Waals surface area contributed by atoms with E-state index in [4.69, 9.17) is 9.84 Å². The lowest BCUT2D eigenvalue weighted by molar-refractivity contribution is 0.0694. The van der Waals surface area contributed by atoms with E-state index in [1.807, 2.05) is 6.92 Å². The van der Waals surface area contributed by atoms with Gasteiger partial charge in [0.15, 0.2) is 0 Å². The summed E-state index contributed by atoms with van der Waals surface area (Å²) in [4.78, 5) is 15.1. The van der Waals surface area contributed by atoms with Crippen LogP contribution >= 0.6 is 15.9 Å². The Bertz CT molecular complexity index is 599. The number of aromatic carboxylic acids is 1. The number of halogens is 1. The third-order valence-electron chi connectivity index (χ3n) is 2.36. The average molecular weight is 308 g/mol. The number of hydrogen-bond acceptors (Lipinski definition) is 3. The maximum atomic E-state index is 11.1. The van der Waals surface area contributed by atoms with Gasteiger partial charge < -0.3 is 9.84 Å². The number of aryl methyl sites for hydroxylation is 1. The second-order valence-electron chi connectivity index (χ2n) is 3.69. The standard InChI is InChI=1S/C13H10BrNO3/c1-8-7-15-5-4-11(8)18-12-6-9(14)2-3-10(12)13(16)17/h2-7H,1H3,(H,16,17). The molecule has 0 aliphatic rings. The van der Waals surface area contributed by atoms with Gasteiger partial charge >= 0.3 is 5.97 Å². The van der Waals surface area contributed by atoms with E-state index in [-0.39, 0.29) is 5.56 Å². The van der Waals surface area contributed by atoms with Crippen LogP contribution in [-0.2, 0) is 0 Å². The van der Waals surface area contributed by atoms with E-state index in [0.29, 0.717) is 11.5 Å². The minimum Gasteiger partial charge on any atom is -0.478 e. The summed E-state index contributed by atoms with van der Waals surface area (Å²) in [5, 5.41) is 9.10. The molecule has 0 saturated heterocycles. The van der Waals surface area contributed by atoms with Gasteiger partial charge in [-0.15, -0.1) is 0 Å². The minimum absolute atomic E-state index is 0.120. The Kier molecular flexibility index (Phi) is 3.62. The Morgan fingerprint density at radius 2 is 2.11 bits per heavy atom. The molecular formula is C13H10BrNO3. The van der Waals surface area contributed by atoms with Crippen LogP contribution in [-0.4, -0.2) is 16.1 Å². The van der Waals surface area contributed by atoms with Gasteiger partial charge in [0.05, 0.1) is 0 Å². The fraction of sp³-hybridized carbons (Fsp3) is 0.0769. The summed E-state index contributed by atoms with van der Waals surface area (Å²) < 4.78 is 6.39. The molecule has 0 aliphatic carbocycles. The van der Waals surface area contributed by atoms with Crippen molar-refractivity contribution in [3.05, 3.63) is 52.3 Å². The summed E-state index contributed by atoms with van der Waals surface area (Å²) in [5.41, 5.74) is 0.961. The van der Waals surface area contributed by atoms with Crippen molar-refractivity contribution in [1.29, 1.82) is 0 Å². The molecule has 1 aromatic heterocycles. The molecule has 5 heteroatoms. The highest BCUT2D eigenvalue weighted by Gasteiger charge is 2.13. The van der Waals surface area contributed by atoms with E-state index in [2.05, 4.69) is 20.9 Å². The second kappa shape index (κ2) is 5.18. The maximum absolute atomic E-state index is 11.1. The van der Waals surface area contributed by atoms with Crippen LogP contribution in [0, 0.1) is 6.92 Å². The third kappa shape index (κ3) is 2.68. The predicted octanol–water partition coefficient (Wildman–Crippen LogP) is 3.64. The van der Waals surface area contributed by atoms with Gasteiger partial charge in [0, 0.05) is 22.4 Å². The number of carboxylic acid groups (broad SMARTS) is 1. The fourth-order valence-electron chi connectivity index (χ4n) is 1.45. The van der Waals surface area contributed by atoms with Crippen molar-refractivity contribution >= 4 is 21.9 Å². The monoisotopic (exact) mass is 307 g/mol. The first kappa shape index (κ1) is 12.6. The van der Waals surface area contributed by atoms with Crippen LogP contribution in [0.5, 0.6) is 11.5 Å². The third-order valence-corrected chi connectivity index (χ3v) is 2.86. The van der Waals surface area contributed by atoms with Gasteiger partial charge in [-0.2, -0.15) is 0 Å². The minimum atomic E-state index is -1.02. The molecule has 1 heterocycles. The van der Waals surface area contributed by atoms with Gasteiger partial charge in [-0.3, -0.25) is 4.98 Å². The van der Waals surface area contributed by atoms with Crippen LogP contribution in [0.25, 0.3) is 0 Å². The smallest absolute Gasteiger partial charge is 0.339 e. The highest BCUT2D eigenvalue weighted by molar-refractivity contribution is 9.10. The lowest BCUT2D eigenvalue weighted by atomic mass is 10.2. The van der Waals surface area contributed by atoms with Crippen molar-refractivity contribution in [2.24, 2.45) is 0 Å². The Morgan fingerprint density at radius 3 is 2.78 bits per heavy atom. The van der Waals surface area contributed by atoms with Crippen molar-refractivity contribution in [3.8, 4) is 11.5 Å². The van der Waals surface area contributed by atoms with E-state index in [1.54, 1.807) is 30.6 Å². The molecule has 0 spiro atoms. The number of carboxylic acids is 1. The van der Waals surface area contributed by atoms with Crippen molar-refractivity contribution in [1.82, 2.24) is 4.98 Å². The summed E-state index contributed by atoms with van der Waals surface area (Å²) in [6, 6.07) is 6.49. The molecule has 92 valence electrons. The van der Waals surface area contributed by atoms with Crippen molar-refractivity contribution in [3.63, 3.8) is 0 Å². The number of hydrogen-bond donors (Lipinski definition) is 1. The number of aromatic nitrogens is 1. The molecule has 0 bridgehead atoms. The number of ether oxygens (including phenoxy) is 1. The molecule has 0 fully saturated rings. The van der Waals surface area contributed by atoms with Gasteiger partial charge in [0.2, 0.25) is 0 Å². The van der Waals surface area contributed by atoms with Gasteiger partial charge in [0.1, 0.15) is 17.1 Å². The van der Waals surface area contributed by atoms with Crippen LogP contribution in [0.1, 0.15) is 15.9 Å². The van der Waals surface area contributed by atoms with E-state index in [0.717, 1.165) is 10.0 Å². The predicted molar refractivity (Wildman–Crippen MR) is 70.1 cm³/mol. The van der Waals surface area contributed by atoms with Crippen LogP contribution in [0.2, 0.25) is 0 Å². The van der Waals surface area contributed by atoms with Crippen LogP contribution in [0.4, 0.5) is 0 Å². The first-order valence-corrected chi connectivity index (χ1v) is 5.98. The lowest BCUT2D eigenvalue weighted by Crippen LogP contribution is -2.00. The highest BCUT2D eigenvalue weighted by atomic mass is 79.9. The SMILES string of the molecule is Cc1cnccc1Oc1cc(Br)ccc1C(=O)O. The number of carbonyl (C=O) groups is 1. The molecule has 2 rings (SSSR count). The Balaban J connectivity index is 2.42. The second-order valence-corrected chi connectivity index (χ2v) is 4.60. The van der Waals surface area contributed by atoms with Crippen LogP contribution in [0.15, 0.2) is 41.1 Å². The Hall–Kier alpha value is -1.88. The fourth-order valence-corrected chi connectivity index (χ4v) is 1.79. The van der Waals surface area contributed by atoms with Crippen LogP contribution in [0.3, 0.4) is 0 Å². The Labute approximate surface area is 112 Å². The molecule has 0 unspecified atom stereocenters. The van der Waals surface area contributed by atoms with E-state index in [1.165, 1.54) is 6.07 Å². The molecule has 0 amide bonds. The number of nitrogens with zero attached hydrogens (tertiary/aromatic N) is 1. The first-order valence-electron chi connectivity index (χ1n) is 5.19. The van der Waals surface area contributed by atoms with Crippen LogP contribution < -0.4 is 4.74 Å². The summed E-state index contributed by atoms with van der Waals surface area (Å²) in [6.45, 7) is 1.85. The first-order chi connectivity index (χ1) is 8.58. The summed E-state index contributed by atoms with van der Waals surface area (Å²) in [6.07, 6.45) is 3.26. The molecule has 4 nitrogen and oxygen atoms in total. The zero-order chi connectivity index (χ0) is 13.1. The molecular weight excluding hydrogens is 298 g/mol. The van der Waals surface area contributed by atoms with E-state index in [9.17, 15) is 4.79 Å². The molecule has 0 atom stereocenters. The highest BCUT2D eigenvalue weighted by Crippen LogP contribution is 2.30. The van der Waals surface area contributed by atoms with E-state index < -0.39 is 5.97 Å². The van der Waals surface area contributed by atoms with Gasteiger partial charge in [0.25, 0.3) is 0 Å². The average Bonchev–Trinajstić information content (AvgIpc) is 2.32. The van der Waals surface area contributed by atoms with Crippen molar-refractivity contribution in [2.75, 3.05) is 0 Å². The van der Waals surface area contributed by atoms with E-state index >= 15 is 0 Å². The molecule has 2 aromatic rings. The topological polar surface area (TPSA) is 59.4 Å². The summed E-state index contributed by atoms with van der Waals surface area (Å²) in [7, 11) is 0. The lowest BCUT2D eigenvalue weighted by Gasteiger charge is -2.10. The van der Waals surface area contributed by atoms with Crippen molar-refractivity contribution in [2.45, 2.75) is 6.92 Å². The summed E-state index contributed by atoms with van der Waals surface area (Å²) in [5.74, 6) is -0.138. The molecule has 0 radical (unpaired) electrons.